The number of hydrogen-bond donors (Lipinski definition) is 1. The van der Waals surface area contributed by atoms with Gasteiger partial charge in [0.25, 0.3) is 0 Å². The second-order valence-corrected chi connectivity index (χ2v) is 7.18. The monoisotopic (exact) mass is 406 g/mol. The first-order valence-corrected chi connectivity index (χ1v) is 9.99. The van der Waals surface area contributed by atoms with E-state index in [4.69, 9.17) is 4.74 Å². The number of halogens is 1. The van der Waals surface area contributed by atoms with Crippen molar-refractivity contribution in [2.75, 3.05) is 18.0 Å². The van der Waals surface area contributed by atoms with Gasteiger partial charge in [-0.1, -0.05) is 30.3 Å². The van der Waals surface area contributed by atoms with Crippen molar-refractivity contribution in [2.24, 2.45) is 5.92 Å². The lowest BCUT2D eigenvalue weighted by Gasteiger charge is -2.31. The largest absolute Gasteiger partial charge is 0.454 e. The highest BCUT2D eigenvalue weighted by atomic mass is 19.1. The molecule has 0 atom stereocenters. The first-order chi connectivity index (χ1) is 14.7. The number of anilines is 1. The topological polar surface area (TPSA) is 67.3 Å². The Morgan fingerprint density at radius 1 is 1.07 bits per heavy atom. The average molecular weight is 406 g/mol. The van der Waals surface area contributed by atoms with Crippen molar-refractivity contribution in [3.63, 3.8) is 0 Å². The quantitative estimate of drug-likeness (QED) is 0.672. The van der Waals surface area contributed by atoms with Crippen molar-refractivity contribution in [3.05, 3.63) is 78.5 Å². The summed E-state index contributed by atoms with van der Waals surface area (Å²) in [6, 6.07) is 13.6. The summed E-state index contributed by atoms with van der Waals surface area (Å²) in [5, 5.41) is 3.00. The molecule has 0 saturated carbocycles. The molecule has 0 bridgehead atoms. The molecular weight excluding hydrogens is 383 g/mol. The van der Waals surface area contributed by atoms with Crippen LogP contribution >= 0.6 is 0 Å². The van der Waals surface area contributed by atoms with Crippen LogP contribution in [0, 0.1) is 11.7 Å². The van der Waals surface area contributed by atoms with Gasteiger partial charge in [-0.15, -0.1) is 0 Å². The van der Waals surface area contributed by atoms with E-state index in [1.807, 2.05) is 18.2 Å². The maximum absolute atomic E-state index is 13.9. The molecule has 30 heavy (non-hydrogen) atoms. The van der Waals surface area contributed by atoms with Gasteiger partial charge in [0.15, 0.2) is 11.6 Å². The number of aromatic nitrogens is 2. The van der Waals surface area contributed by atoms with Gasteiger partial charge in [0.05, 0.1) is 6.20 Å². The lowest BCUT2D eigenvalue weighted by atomic mass is 9.96. The van der Waals surface area contributed by atoms with E-state index in [-0.39, 0.29) is 17.6 Å². The molecule has 1 fully saturated rings. The van der Waals surface area contributed by atoms with Crippen LogP contribution in [-0.4, -0.2) is 29.0 Å². The molecule has 3 aromatic rings. The van der Waals surface area contributed by atoms with Crippen LogP contribution in [0.25, 0.3) is 0 Å². The first kappa shape index (κ1) is 19.8. The molecule has 0 spiro atoms. The van der Waals surface area contributed by atoms with Crippen LogP contribution in [0.1, 0.15) is 18.4 Å². The van der Waals surface area contributed by atoms with Crippen LogP contribution in [0.5, 0.6) is 11.5 Å². The van der Waals surface area contributed by atoms with Gasteiger partial charge in [0, 0.05) is 43.5 Å². The Hall–Kier alpha value is -3.48. The number of carbonyl (C=O) groups excluding carboxylic acids is 1. The number of nitrogens with one attached hydrogen (secondary N) is 1. The highest BCUT2D eigenvalue weighted by Gasteiger charge is 2.25. The molecule has 4 rings (SSSR count). The van der Waals surface area contributed by atoms with Gasteiger partial charge in [-0.3, -0.25) is 9.78 Å². The van der Waals surface area contributed by atoms with Crippen LogP contribution in [-0.2, 0) is 11.3 Å². The van der Waals surface area contributed by atoms with Crippen LogP contribution in [0.2, 0.25) is 0 Å². The second kappa shape index (κ2) is 9.35. The Bertz CT molecular complexity index is 991. The van der Waals surface area contributed by atoms with Gasteiger partial charge >= 0.3 is 0 Å². The van der Waals surface area contributed by atoms with Gasteiger partial charge in [-0.2, -0.15) is 0 Å². The highest BCUT2D eigenvalue weighted by Crippen LogP contribution is 2.27. The fraction of sp³-hybridized carbons (Fsp3) is 0.261. The lowest BCUT2D eigenvalue weighted by molar-refractivity contribution is -0.125. The molecule has 6 nitrogen and oxygen atoms in total. The van der Waals surface area contributed by atoms with Crippen LogP contribution in [0.3, 0.4) is 0 Å². The molecule has 1 aliphatic rings. The summed E-state index contributed by atoms with van der Waals surface area (Å²) in [5.74, 6) is 1.09. The number of carbonyl (C=O) groups is 1. The Balaban J connectivity index is 1.33. The zero-order valence-corrected chi connectivity index (χ0v) is 16.5. The minimum Gasteiger partial charge on any atom is -0.454 e. The molecule has 1 N–H and O–H groups in total. The van der Waals surface area contributed by atoms with Crippen molar-refractivity contribution in [2.45, 2.75) is 19.4 Å². The summed E-state index contributed by atoms with van der Waals surface area (Å²) in [7, 11) is 0. The van der Waals surface area contributed by atoms with E-state index in [2.05, 4.69) is 20.2 Å². The third-order valence-electron chi connectivity index (χ3n) is 5.22. The lowest BCUT2D eigenvalue weighted by Crippen LogP contribution is -2.40. The maximum Gasteiger partial charge on any atom is 0.223 e. The van der Waals surface area contributed by atoms with E-state index in [1.54, 1.807) is 42.9 Å². The zero-order chi connectivity index (χ0) is 20.8. The minimum atomic E-state index is -0.425. The number of piperidine rings is 1. The van der Waals surface area contributed by atoms with Gasteiger partial charge in [0.1, 0.15) is 11.6 Å². The van der Waals surface area contributed by atoms with Gasteiger partial charge in [-0.25, -0.2) is 9.37 Å². The summed E-state index contributed by atoms with van der Waals surface area (Å²) in [6.07, 6.45) is 6.59. The van der Waals surface area contributed by atoms with E-state index in [0.29, 0.717) is 12.3 Å². The summed E-state index contributed by atoms with van der Waals surface area (Å²) >= 11 is 0. The highest BCUT2D eigenvalue weighted by molar-refractivity contribution is 5.79. The summed E-state index contributed by atoms with van der Waals surface area (Å²) in [4.78, 5) is 23.2. The molecule has 154 valence electrons. The third kappa shape index (κ3) is 4.74. The fourth-order valence-corrected chi connectivity index (χ4v) is 3.55. The Morgan fingerprint density at radius 3 is 2.53 bits per heavy atom. The maximum atomic E-state index is 13.9. The molecule has 2 heterocycles. The molecule has 2 aromatic carbocycles. The van der Waals surface area contributed by atoms with Crippen molar-refractivity contribution < 1.29 is 13.9 Å². The Kier molecular flexibility index (Phi) is 6.17. The minimum absolute atomic E-state index is 0.0227. The van der Waals surface area contributed by atoms with Gasteiger partial charge in [0.2, 0.25) is 5.91 Å². The summed E-state index contributed by atoms with van der Waals surface area (Å²) in [6.45, 7) is 1.86. The van der Waals surface area contributed by atoms with E-state index in [0.717, 1.165) is 37.3 Å². The number of hydrogen-bond acceptors (Lipinski definition) is 5. The van der Waals surface area contributed by atoms with E-state index >= 15 is 0 Å². The number of ether oxygens (including phenoxy) is 1. The molecule has 1 aliphatic heterocycles. The standard InChI is InChI=1S/C23H23FN4O2/c24-19-6-2-4-8-21(19)30-20-7-3-1-5-18(20)15-27-23(29)17-9-13-28(14-10-17)22-16-25-11-12-26-22/h1-8,11-12,16-17H,9-10,13-15H2,(H,27,29). The molecular formula is C23H23FN4O2. The molecule has 1 saturated heterocycles. The fourth-order valence-electron chi connectivity index (χ4n) is 3.55. The van der Waals surface area contributed by atoms with E-state index in [9.17, 15) is 9.18 Å². The van der Waals surface area contributed by atoms with Gasteiger partial charge < -0.3 is 15.0 Å². The van der Waals surface area contributed by atoms with Gasteiger partial charge in [-0.05, 0) is 31.0 Å². The van der Waals surface area contributed by atoms with Crippen LogP contribution < -0.4 is 15.0 Å². The number of amides is 1. The number of benzene rings is 2. The molecule has 0 aliphatic carbocycles. The molecule has 0 radical (unpaired) electrons. The number of para-hydroxylation sites is 2. The SMILES string of the molecule is O=C(NCc1ccccc1Oc1ccccc1F)C1CCN(c2cnccn2)CC1. The average Bonchev–Trinajstić information content (AvgIpc) is 2.80. The number of nitrogens with zero attached hydrogens (tertiary/aromatic N) is 3. The molecule has 0 unspecified atom stereocenters. The predicted octanol–water partition coefficient (Wildman–Crippen LogP) is 3.94. The van der Waals surface area contributed by atoms with Crippen molar-refractivity contribution in [3.8, 4) is 11.5 Å². The predicted molar refractivity (Wildman–Crippen MR) is 112 cm³/mol. The van der Waals surface area contributed by atoms with Crippen LogP contribution in [0.15, 0.2) is 67.1 Å². The summed E-state index contributed by atoms with van der Waals surface area (Å²) in [5.41, 5.74) is 0.797. The van der Waals surface area contributed by atoms with Crippen LogP contribution in [0.4, 0.5) is 10.2 Å². The van der Waals surface area contributed by atoms with Crippen molar-refractivity contribution in [1.82, 2.24) is 15.3 Å². The smallest absolute Gasteiger partial charge is 0.223 e. The van der Waals surface area contributed by atoms with E-state index < -0.39 is 5.82 Å². The third-order valence-corrected chi connectivity index (χ3v) is 5.22. The zero-order valence-electron chi connectivity index (χ0n) is 16.5. The summed E-state index contributed by atoms with van der Waals surface area (Å²) < 4.78 is 19.6. The van der Waals surface area contributed by atoms with E-state index in [1.165, 1.54) is 6.07 Å². The molecule has 1 amide bonds. The first-order valence-electron chi connectivity index (χ1n) is 9.99. The molecule has 7 heteroatoms. The van der Waals surface area contributed by atoms with Crippen molar-refractivity contribution >= 4 is 11.7 Å². The Labute approximate surface area is 174 Å². The molecule has 1 aromatic heterocycles. The Morgan fingerprint density at radius 2 is 1.80 bits per heavy atom. The normalized spacial score (nSPS) is 14.4. The second-order valence-electron chi connectivity index (χ2n) is 7.18. The number of rotatable bonds is 6. The van der Waals surface area contributed by atoms with Crippen molar-refractivity contribution in [1.29, 1.82) is 0 Å².